The van der Waals surface area contributed by atoms with Crippen molar-refractivity contribution >= 4 is 11.8 Å². The number of piperidine rings is 2. The number of likely N-dealkylation sites (tertiary alicyclic amines) is 2. The number of aromatic nitrogens is 1. The van der Waals surface area contributed by atoms with Gasteiger partial charge < -0.3 is 19.5 Å². The fourth-order valence-electron chi connectivity index (χ4n) is 3.89. The Morgan fingerprint density at radius 2 is 2.12 bits per heavy atom. The molecule has 2 aliphatic heterocycles. The summed E-state index contributed by atoms with van der Waals surface area (Å²) in [7, 11) is 1.63. The van der Waals surface area contributed by atoms with Crippen LogP contribution in [0.1, 0.15) is 36.2 Å². The molecule has 3 rings (SSSR count). The Morgan fingerprint density at radius 1 is 1.31 bits per heavy atom. The van der Waals surface area contributed by atoms with Crippen LogP contribution in [0.25, 0.3) is 0 Å². The van der Waals surface area contributed by atoms with E-state index in [1.807, 2.05) is 4.90 Å². The Labute approximate surface area is 153 Å². The van der Waals surface area contributed by atoms with E-state index in [0.717, 1.165) is 51.9 Å². The predicted molar refractivity (Wildman–Crippen MR) is 94.6 cm³/mol. The van der Waals surface area contributed by atoms with E-state index in [1.54, 1.807) is 13.2 Å². The number of amides is 2. The van der Waals surface area contributed by atoms with Crippen molar-refractivity contribution in [1.82, 2.24) is 20.3 Å². The van der Waals surface area contributed by atoms with Gasteiger partial charge in [-0.15, -0.1) is 0 Å². The van der Waals surface area contributed by atoms with Gasteiger partial charge in [0.15, 0.2) is 5.69 Å². The number of methoxy groups -OCH3 is 1. The average Bonchev–Trinajstić information content (AvgIpc) is 3.22. The molecule has 1 aromatic heterocycles. The molecule has 0 bridgehead atoms. The molecule has 2 aliphatic rings. The second kappa shape index (κ2) is 9.14. The van der Waals surface area contributed by atoms with Crippen LogP contribution in [0.4, 0.5) is 0 Å². The quantitative estimate of drug-likeness (QED) is 0.750. The summed E-state index contributed by atoms with van der Waals surface area (Å²) in [6.45, 7) is 4.38. The van der Waals surface area contributed by atoms with Gasteiger partial charge in [0.05, 0.1) is 12.5 Å². The van der Waals surface area contributed by atoms with Crippen molar-refractivity contribution in [1.29, 1.82) is 0 Å². The third-order valence-corrected chi connectivity index (χ3v) is 5.35. The number of hydrogen-bond acceptors (Lipinski definition) is 6. The van der Waals surface area contributed by atoms with Gasteiger partial charge in [0.25, 0.3) is 5.91 Å². The molecule has 0 radical (unpaired) electrons. The molecule has 0 aliphatic carbocycles. The first-order valence-corrected chi connectivity index (χ1v) is 9.39. The summed E-state index contributed by atoms with van der Waals surface area (Å²) in [5, 5.41) is 6.69. The molecule has 26 heavy (non-hydrogen) atoms. The van der Waals surface area contributed by atoms with Crippen LogP contribution in [0.2, 0.25) is 0 Å². The molecule has 144 valence electrons. The lowest BCUT2D eigenvalue weighted by Crippen LogP contribution is -2.51. The molecule has 0 aromatic carbocycles. The number of rotatable bonds is 6. The Hall–Kier alpha value is -1.93. The Kier molecular flexibility index (Phi) is 6.62. The Morgan fingerprint density at radius 3 is 2.81 bits per heavy atom. The molecule has 1 N–H and O–H groups in total. The molecule has 0 unspecified atom stereocenters. The fourth-order valence-corrected chi connectivity index (χ4v) is 3.89. The number of carbonyl (C=O) groups excluding carboxylic acids is 2. The van der Waals surface area contributed by atoms with Crippen LogP contribution in [0.15, 0.2) is 16.9 Å². The lowest BCUT2D eigenvalue weighted by molar-refractivity contribution is -0.127. The molecule has 3 heterocycles. The van der Waals surface area contributed by atoms with Crippen LogP contribution in [-0.2, 0) is 9.53 Å². The summed E-state index contributed by atoms with van der Waals surface area (Å²) in [5.41, 5.74) is 0.370. The van der Waals surface area contributed by atoms with Crippen molar-refractivity contribution in [2.24, 2.45) is 5.92 Å². The molecule has 8 nitrogen and oxygen atoms in total. The topological polar surface area (TPSA) is 87.9 Å². The Balaban J connectivity index is 1.46. The molecule has 8 heteroatoms. The fraction of sp³-hybridized carbons (Fsp3) is 0.722. The van der Waals surface area contributed by atoms with E-state index in [1.165, 1.54) is 6.26 Å². The molecule has 2 amide bonds. The van der Waals surface area contributed by atoms with Crippen molar-refractivity contribution in [2.45, 2.75) is 31.7 Å². The number of nitrogens with zero attached hydrogens (tertiary/aromatic N) is 3. The predicted octanol–water partition coefficient (Wildman–Crippen LogP) is 0.754. The summed E-state index contributed by atoms with van der Waals surface area (Å²) in [4.78, 5) is 28.9. The average molecular weight is 364 g/mol. The molecule has 0 spiro atoms. The van der Waals surface area contributed by atoms with E-state index in [9.17, 15) is 9.59 Å². The van der Waals surface area contributed by atoms with E-state index < -0.39 is 0 Å². The SMILES string of the molecule is COCCNC(=O)[C@@H]1CCCN(C2CCN(C(=O)c3ccon3)CC2)C1. The highest BCUT2D eigenvalue weighted by atomic mass is 16.5. The first-order valence-electron chi connectivity index (χ1n) is 9.39. The van der Waals surface area contributed by atoms with Crippen molar-refractivity contribution in [3.63, 3.8) is 0 Å². The maximum Gasteiger partial charge on any atom is 0.276 e. The number of carbonyl (C=O) groups is 2. The van der Waals surface area contributed by atoms with Gasteiger partial charge in [-0.1, -0.05) is 5.16 Å². The van der Waals surface area contributed by atoms with Crippen LogP contribution < -0.4 is 5.32 Å². The van der Waals surface area contributed by atoms with Gasteiger partial charge in [-0.25, -0.2) is 0 Å². The van der Waals surface area contributed by atoms with Gasteiger partial charge in [0.1, 0.15) is 6.26 Å². The van der Waals surface area contributed by atoms with Crippen LogP contribution >= 0.6 is 0 Å². The molecule has 1 atom stereocenters. The highest BCUT2D eigenvalue weighted by Gasteiger charge is 2.32. The van der Waals surface area contributed by atoms with Gasteiger partial charge >= 0.3 is 0 Å². The molecule has 1 aromatic rings. The standard InChI is InChI=1S/C18H28N4O4/c1-25-12-7-19-17(23)14-3-2-8-22(13-14)15-4-9-21(10-5-15)18(24)16-6-11-26-20-16/h6,11,14-15H,2-5,7-10,12-13H2,1H3,(H,19,23)/t14-/m1/s1. The summed E-state index contributed by atoms with van der Waals surface area (Å²) < 4.78 is 9.74. The molecule has 2 saturated heterocycles. The van der Waals surface area contributed by atoms with Gasteiger partial charge in [-0.2, -0.15) is 0 Å². The summed E-state index contributed by atoms with van der Waals surface area (Å²) in [6, 6.07) is 2.04. The summed E-state index contributed by atoms with van der Waals surface area (Å²) in [6.07, 6.45) is 5.27. The van der Waals surface area contributed by atoms with Crippen LogP contribution in [0.3, 0.4) is 0 Å². The summed E-state index contributed by atoms with van der Waals surface area (Å²) >= 11 is 0. The van der Waals surface area contributed by atoms with Crippen molar-refractivity contribution in [2.75, 3.05) is 46.4 Å². The minimum Gasteiger partial charge on any atom is -0.383 e. The second-order valence-electron chi connectivity index (χ2n) is 7.03. The maximum absolute atomic E-state index is 12.3. The zero-order chi connectivity index (χ0) is 18.4. The normalized spacial score (nSPS) is 22.3. The van der Waals surface area contributed by atoms with Gasteiger partial charge in [0.2, 0.25) is 5.91 Å². The van der Waals surface area contributed by atoms with Crippen molar-refractivity contribution < 1.29 is 18.8 Å². The minimum atomic E-state index is -0.0637. The van der Waals surface area contributed by atoms with Crippen LogP contribution in [-0.4, -0.2) is 79.3 Å². The molecular formula is C18H28N4O4. The van der Waals surface area contributed by atoms with Gasteiger partial charge in [-0.3, -0.25) is 14.5 Å². The summed E-state index contributed by atoms with van der Waals surface area (Å²) in [5.74, 6) is 0.118. The van der Waals surface area contributed by atoms with E-state index >= 15 is 0 Å². The largest absolute Gasteiger partial charge is 0.383 e. The van der Waals surface area contributed by atoms with E-state index in [-0.39, 0.29) is 17.7 Å². The highest BCUT2D eigenvalue weighted by Crippen LogP contribution is 2.24. The van der Waals surface area contributed by atoms with Crippen molar-refractivity contribution in [3.8, 4) is 0 Å². The van der Waals surface area contributed by atoms with Crippen LogP contribution in [0.5, 0.6) is 0 Å². The monoisotopic (exact) mass is 364 g/mol. The van der Waals surface area contributed by atoms with E-state index in [0.29, 0.717) is 24.9 Å². The Bertz CT molecular complexity index is 584. The zero-order valence-electron chi connectivity index (χ0n) is 15.4. The first kappa shape index (κ1) is 18.8. The lowest BCUT2D eigenvalue weighted by atomic mass is 9.93. The number of nitrogens with one attached hydrogen (secondary N) is 1. The lowest BCUT2D eigenvalue weighted by Gasteiger charge is -2.41. The van der Waals surface area contributed by atoms with Crippen molar-refractivity contribution in [3.05, 3.63) is 18.0 Å². The number of ether oxygens (including phenoxy) is 1. The van der Waals surface area contributed by atoms with E-state index in [2.05, 4.69) is 15.4 Å². The van der Waals surface area contributed by atoms with Gasteiger partial charge in [0, 0.05) is 45.4 Å². The third kappa shape index (κ3) is 4.62. The molecular weight excluding hydrogens is 336 g/mol. The highest BCUT2D eigenvalue weighted by molar-refractivity contribution is 5.92. The minimum absolute atomic E-state index is 0.0513. The molecule has 2 fully saturated rings. The maximum atomic E-state index is 12.3. The first-order chi connectivity index (χ1) is 12.7. The second-order valence-corrected chi connectivity index (χ2v) is 7.03. The van der Waals surface area contributed by atoms with E-state index in [4.69, 9.17) is 9.26 Å². The van der Waals surface area contributed by atoms with Gasteiger partial charge in [-0.05, 0) is 32.2 Å². The smallest absolute Gasteiger partial charge is 0.276 e. The zero-order valence-corrected chi connectivity index (χ0v) is 15.4. The third-order valence-electron chi connectivity index (χ3n) is 5.35. The molecule has 0 saturated carbocycles. The van der Waals surface area contributed by atoms with Crippen LogP contribution in [0, 0.1) is 5.92 Å². The number of hydrogen-bond donors (Lipinski definition) is 1.